The first-order valence-corrected chi connectivity index (χ1v) is 7.90. The first-order chi connectivity index (χ1) is 10.7. The molecule has 1 atom stereocenters. The van der Waals surface area contributed by atoms with Gasteiger partial charge in [-0.2, -0.15) is 0 Å². The highest BCUT2D eigenvalue weighted by Crippen LogP contribution is 2.35. The Morgan fingerprint density at radius 2 is 1.68 bits per heavy atom. The van der Waals surface area contributed by atoms with Crippen LogP contribution in [0.1, 0.15) is 25.3 Å². The molecule has 2 amide bonds. The first kappa shape index (κ1) is 14.6. The number of benzene rings is 2. The Kier molecular flexibility index (Phi) is 4.42. The third-order valence-corrected chi connectivity index (χ3v) is 4.28. The van der Waals surface area contributed by atoms with Crippen molar-refractivity contribution in [2.45, 2.75) is 32.4 Å². The van der Waals surface area contributed by atoms with Crippen molar-refractivity contribution in [3.8, 4) is 0 Å². The minimum absolute atomic E-state index is 0.0190. The number of rotatable bonds is 5. The van der Waals surface area contributed by atoms with E-state index >= 15 is 0 Å². The van der Waals surface area contributed by atoms with E-state index in [9.17, 15) is 4.79 Å². The maximum Gasteiger partial charge on any atom is 0.322 e. The summed E-state index contributed by atoms with van der Waals surface area (Å²) in [5.74, 6) is 0.644. The fourth-order valence-electron chi connectivity index (χ4n) is 2.73. The van der Waals surface area contributed by atoms with Crippen LogP contribution in [0.25, 0.3) is 0 Å². The third-order valence-electron chi connectivity index (χ3n) is 4.28. The average Bonchev–Trinajstić information content (AvgIpc) is 3.39. The highest BCUT2D eigenvalue weighted by atomic mass is 16.2. The predicted molar refractivity (Wildman–Crippen MR) is 89.6 cm³/mol. The number of carbonyl (C=O) groups excluding carboxylic acids is 1. The van der Waals surface area contributed by atoms with Crippen molar-refractivity contribution in [2.24, 2.45) is 5.92 Å². The Hall–Kier alpha value is -2.29. The molecule has 3 rings (SSSR count). The van der Waals surface area contributed by atoms with Crippen molar-refractivity contribution in [1.82, 2.24) is 4.90 Å². The lowest BCUT2D eigenvalue weighted by Gasteiger charge is -2.29. The number of nitrogens with zero attached hydrogens (tertiary/aromatic N) is 1. The topological polar surface area (TPSA) is 32.3 Å². The zero-order chi connectivity index (χ0) is 15.4. The quantitative estimate of drug-likeness (QED) is 0.864. The molecule has 0 radical (unpaired) electrons. The monoisotopic (exact) mass is 294 g/mol. The lowest BCUT2D eigenvalue weighted by atomic mass is 10.1. The molecule has 1 fully saturated rings. The molecule has 1 N–H and O–H groups in total. The number of para-hydroxylation sites is 1. The zero-order valence-electron chi connectivity index (χ0n) is 12.9. The van der Waals surface area contributed by atoms with Gasteiger partial charge in [-0.15, -0.1) is 0 Å². The Balaban J connectivity index is 1.74. The third kappa shape index (κ3) is 3.67. The average molecular weight is 294 g/mol. The Labute approximate surface area is 132 Å². The second-order valence-corrected chi connectivity index (χ2v) is 5.99. The summed E-state index contributed by atoms with van der Waals surface area (Å²) < 4.78 is 0. The molecule has 1 saturated carbocycles. The molecule has 0 unspecified atom stereocenters. The normalized spacial score (nSPS) is 15.1. The van der Waals surface area contributed by atoms with E-state index in [0.717, 1.165) is 5.69 Å². The molecule has 2 aromatic rings. The molecule has 0 aliphatic heterocycles. The minimum Gasteiger partial charge on any atom is -0.317 e. The fraction of sp³-hybridized carbons (Fsp3) is 0.316. The number of hydrogen-bond donors (Lipinski definition) is 1. The van der Waals surface area contributed by atoms with Crippen LogP contribution >= 0.6 is 0 Å². The molecule has 0 heterocycles. The van der Waals surface area contributed by atoms with E-state index < -0.39 is 0 Å². The summed E-state index contributed by atoms with van der Waals surface area (Å²) in [6.45, 7) is 2.81. The number of urea groups is 1. The van der Waals surface area contributed by atoms with E-state index in [1.807, 2.05) is 53.4 Å². The summed E-state index contributed by atoms with van der Waals surface area (Å²) in [4.78, 5) is 14.7. The van der Waals surface area contributed by atoms with Gasteiger partial charge in [0, 0.05) is 18.3 Å². The molecule has 3 nitrogen and oxygen atoms in total. The second-order valence-electron chi connectivity index (χ2n) is 5.99. The fourth-order valence-corrected chi connectivity index (χ4v) is 2.73. The summed E-state index contributed by atoms with van der Waals surface area (Å²) in [5.41, 5.74) is 2.01. The van der Waals surface area contributed by atoms with Gasteiger partial charge in [-0.05, 0) is 43.4 Å². The van der Waals surface area contributed by atoms with Gasteiger partial charge in [-0.1, -0.05) is 48.5 Å². The maximum atomic E-state index is 12.7. The van der Waals surface area contributed by atoms with Gasteiger partial charge in [-0.3, -0.25) is 0 Å². The van der Waals surface area contributed by atoms with Crippen LogP contribution in [0.15, 0.2) is 60.7 Å². The number of anilines is 1. The highest BCUT2D eigenvalue weighted by Gasteiger charge is 2.34. The van der Waals surface area contributed by atoms with Crippen LogP contribution in [-0.2, 0) is 6.54 Å². The van der Waals surface area contributed by atoms with E-state index in [1.165, 1.54) is 18.4 Å². The van der Waals surface area contributed by atoms with Gasteiger partial charge < -0.3 is 10.2 Å². The van der Waals surface area contributed by atoms with Crippen LogP contribution < -0.4 is 5.32 Å². The predicted octanol–water partition coefficient (Wildman–Crippen LogP) is 4.52. The van der Waals surface area contributed by atoms with Crippen molar-refractivity contribution in [3.63, 3.8) is 0 Å². The molecule has 0 saturated heterocycles. The lowest BCUT2D eigenvalue weighted by Crippen LogP contribution is -2.42. The van der Waals surface area contributed by atoms with Gasteiger partial charge in [0.25, 0.3) is 0 Å². The molecule has 0 aromatic heterocycles. The van der Waals surface area contributed by atoms with Gasteiger partial charge in [0.15, 0.2) is 0 Å². The summed E-state index contributed by atoms with van der Waals surface area (Å²) >= 11 is 0. The number of nitrogens with one attached hydrogen (secondary N) is 1. The smallest absolute Gasteiger partial charge is 0.317 e. The molecule has 0 bridgehead atoms. The summed E-state index contributed by atoms with van der Waals surface area (Å²) in [6.07, 6.45) is 2.45. The van der Waals surface area contributed by atoms with Crippen LogP contribution in [0.2, 0.25) is 0 Å². The molecule has 1 aliphatic carbocycles. The number of hydrogen-bond acceptors (Lipinski definition) is 1. The van der Waals surface area contributed by atoms with Crippen LogP contribution in [0.4, 0.5) is 10.5 Å². The van der Waals surface area contributed by atoms with E-state index in [2.05, 4.69) is 24.4 Å². The van der Waals surface area contributed by atoms with E-state index in [1.54, 1.807) is 0 Å². The molecule has 2 aromatic carbocycles. The zero-order valence-corrected chi connectivity index (χ0v) is 12.9. The molecule has 1 aliphatic rings. The number of amides is 2. The summed E-state index contributed by atoms with van der Waals surface area (Å²) in [5, 5.41) is 3.01. The van der Waals surface area contributed by atoms with E-state index in [-0.39, 0.29) is 12.1 Å². The van der Waals surface area contributed by atoms with Gasteiger partial charge in [0.05, 0.1) is 0 Å². The molecule has 114 valence electrons. The first-order valence-electron chi connectivity index (χ1n) is 7.90. The van der Waals surface area contributed by atoms with Gasteiger partial charge in [0.2, 0.25) is 0 Å². The molecular weight excluding hydrogens is 272 g/mol. The standard InChI is InChI=1S/C19H22N2O/c1-15(17-12-13-17)21(14-16-8-4-2-5-9-16)19(22)20-18-10-6-3-7-11-18/h2-11,15,17H,12-14H2,1H3,(H,20,22)/t15-/m1/s1. The Morgan fingerprint density at radius 1 is 1.09 bits per heavy atom. The molecule has 0 spiro atoms. The van der Waals surface area contributed by atoms with Crippen LogP contribution in [0, 0.1) is 5.92 Å². The van der Waals surface area contributed by atoms with Crippen molar-refractivity contribution in [1.29, 1.82) is 0 Å². The van der Waals surface area contributed by atoms with Crippen LogP contribution in [-0.4, -0.2) is 17.0 Å². The molecule has 22 heavy (non-hydrogen) atoms. The minimum atomic E-state index is -0.0190. The summed E-state index contributed by atoms with van der Waals surface area (Å²) in [7, 11) is 0. The van der Waals surface area contributed by atoms with Gasteiger partial charge in [0.1, 0.15) is 0 Å². The Morgan fingerprint density at radius 3 is 2.27 bits per heavy atom. The van der Waals surface area contributed by atoms with Crippen molar-refractivity contribution < 1.29 is 4.79 Å². The summed E-state index contributed by atoms with van der Waals surface area (Å²) in [6, 6.07) is 20.1. The molecular formula is C19H22N2O. The van der Waals surface area contributed by atoms with Crippen molar-refractivity contribution in [2.75, 3.05) is 5.32 Å². The number of carbonyl (C=O) groups is 1. The van der Waals surface area contributed by atoms with Crippen molar-refractivity contribution >= 4 is 11.7 Å². The SMILES string of the molecule is C[C@H](C1CC1)N(Cc1ccccc1)C(=O)Nc1ccccc1. The van der Waals surface area contributed by atoms with Crippen LogP contribution in [0.5, 0.6) is 0 Å². The molecule has 3 heteroatoms. The van der Waals surface area contributed by atoms with E-state index in [0.29, 0.717) is 12.5 Å². The van der Waals surface area contributed by atoms with Crippen LogP contribution in [0.3, 0.4) is 0 Å². The van der Waals surface area contributed by atoms with Gasteiger partial charge >= 0.3 is 6.03 Å². The second kappa shape index (κ2) is 6.65. The van der Waals surface area contributed by atoms with Gasteiger partial charge in [-0.25, -0.2) is 4.79 Å². The largest absolute Gasteiger partial charge is 0.322 e. The maximum absolute atomic E-state index is 12.7. The highest BCUT2D eigenvalue weighted by molar-refractivity contribution is 5.89. The van der Waals surface area contributed by atoms with Crippen molar-refractivity contribution in [3.05, 3.63) is 66.2 Å². The van der Waals surface area contributed by atoms with E-state index in [4.69, 9.17) is 0 Å². The Bertz CT molecular complexity index is 608. The lowest BCUT2D eigenvalue weighted by molar-refractivity contribution is 0.181.